The van der Waals surface area contributed by atoms with Crippen molar-refractivity contribution in [3.63, 3.8) is 0 Å². The maximum absolute atomic E-state index is 12.0. The lowest BCUT2D eigenvalue weighted by molar-refractivity contribution is -0.121. The van der Waals surface area contributed by atoms with Crippen LogP contribution in [0.25, 0.3) is 0 Å². The van der Waals surface area contributed by atoms with Crippen LogP contribution in [-0.4, -0.2) is 41.1 Å². The Morgan fingerprint density at radius 2 is 1.92 bits per heavy atom. The van der Waals surface area contributed by atoms with Gasteiger partial charge in [-0.25, -0.2) is 0 Å². The highest BCUT2D eigenvalue weighted by atomic mass is 16.5. The van der Waals surface area contributed by atoms with Gasteiger partial charge in [0.05, 0.1) is 13.7 Å². The van der Waals surface area contributed by atoms with Gasteiger partial charge < -0.3 is 15.0 Å². The van der Waals surface area contributed by atoms with Gasteiger partial charge in [-0.1, -0.05) is 25.7 Å². The number of carbonyl (C=O) groups is 1. The molecular weight excluding hydrogens is 306 g/mol. The van der Waals surface area contributed by atoms with Crippen molar-refractivity contribution in [2.24, 2.45) is 5.92 Å². The molecule has 2 heterocycles. The Morgan fingerprint density at radius 1 is 1.17 bits per heavy atom. The maximum Gasteiger partial charge on any atom is 0.321 e. The van der Waals surface area contributed by atoms with Crippen LogP contribution in [0.2, 0.25) is 0 Å². The molecule has 1 aromatic heterocycles. The van der Waals surface area contributed by atoms with Crippen LogP contribution < -0.4 is 15.0 Å². The number of carbonyl (C=O) groups excluding carboxylic acids is 1. The summed E-state index contributed by atoms with van der Waals surface area (Å²) in [5.41, 5.74) is 0. The standard InChI is InChI=1S/C17H27N5O2/c1-24-17-20-14(19-16(21-17)22-10-4-5-11-22)12-18-15(23)9-8-13-6-2-3-7-13/h13H,2-12H2,1H3,(H,18,23). The summed E-state index contributed by atoms with van der Waals surface area (Å²) in [5.74, 6) is 2.01. The summed E-state index contributed by atoms with van der Waals surface area (Å²) in [4.78, 5) is 27.2. The Morgan fingerprint density at radius 3 is 2.62 bits per heavy atom. The zero-order valence-electron chi connectivity index (χ0n) is 14.5. The molecule has 0 spiro atoms. The third-order valence-corrected chi connectivity index (χ3v) is 4.92. The molecule has 3 rings (SSSR count). The first-order valence-electron chi connectivity index (χ1n) is 9.05. The van der Waals surface area contributed by atoms with Crippen molar-refractivity contribution in [1.29, 1.82) is 0 Å². The molecule has 0 unspecified atom stereocenters. The van der Waals surface area contributed by atoms with E-state index in [1.54, 1.807) is 7.11 Å². The molecular formula is C17H27N5O2. The van der Waals surface area contributed by atoms with E-state index in [-0.39, 0.29) is 5.91 Å². The van der Waals surface area contributed by atoms with Crippen LogP contribution in [-0.2, 0) is 11.3 Å². The molecule has 2 aliphatic rings. The van der Waals surface area contributed by atoms with Crippen LogP contribution in [0.1, 0.15) is 57.2 Å². The number of nitrogens with zero attached hydrogens (tertiary/aromatic N) is 4. The van der Waals surface area contributed by atoms with E-state index in [1.165, 1.54) is 25.7 Å². The van der Waals surface area contributed by atoms with Crippen molar-refractivity contribution >= 4 is 11.9 Å². The molecule has 1 aromatic rings. The smallest absolute Gasteiger partial charge is 0.321 e. The second kappa shape index (κ2) is 8.26. The Kier molecular flexibility index (Phi) is 5.82. The van der Waals surface area contributed by atoms with Crippen molar-refractivity contribution in [3.8, 4) is 6.01 Å². The van der Waals surface area contributed by atoms with Gasteiger partial charge >= 0.3 is 6.01 Å². The zero-order chi connectivity index (χ0) is 16.8. The first kappa shape index (κ1) is 16.9. The number of ether oxygens (including phenoxy) is 1. The van der Waals surface area contributed by atoms with Crippen LogP contribution in [0.4, 0.5) is 5.95 Å². The van der Waals surface area contributed by atoms with Crippen LogP contribution in [0.15, 0.2) is 0 Å². The summed E-state index contributed by atoms with van der Waals surface area (Å²) in [6.07, 6.45) is 9.07. The van der Waals surface area contributed by atoms with Gasteiger partial charge in [0.15, 0.2) is 5.82 Å². The number of aromatic nitrogens is 3. The van der Waals surface area contributed by atoms with Gasteiger partial charge in [-0.05, 0) is 25.2 Å². The summed E-state index contributed by atoms with van der Waals surface area (Å²) < 4.78 is 5.18. The van der Waals surface area contributed by atoms with Crippen molar-refractivity contribution in [2.45, 2.75) is 57.9 Å². The van der Waals surface area contributed by atoms with Crippen molar-refractivity contribution in [1.82, 2.24) is 20.3 Å². The van der Waals surface area contributed by atoms with Crippen LogP contribution in [0.3, 0.4) is 0 Å². The average Bonchev–Trinajstić information content (AvgIpc) is 3.31. The number of nitrogens with one attached hydrogen (secondary N) is 1. The molecule has 1 aliphatic heterocycles. The molecule has 1 saturated carbocycles. The highest BCUT2D eigenvalue weighted by Crippen LogP contribution is 2.28. The fourth-order valence-corrected chi connectivity index (χ4v) is 3.52. The minimum absolute atomic E-state index is 0.0731. The molecule has 0 atom stereocenters. The lowest BCUT2D eigenvalue weighted by Crippen LogP contribution is -2.26. The van der Waals surface area contributed by atoms with Crippen LogP contribution in [0, 0.1) is 5.92 Å². The van der Waals surface area contributed by atoms with E-state index in [4.69, 9.17) is 4.74 Å². The zero-order valence-corrected chi connectivity index (χ0v) is 14.5. The maximum atomic E-state index is 12.0. The van der Waals surface area contributed by atoms with Gasteiger partial charge in [0.1, 0.15) is 0 Å². The topological polar surface area (TPSA) is 80.2 Å². The molecule has 1 amide bonds. The molecule has 2 fully saturated rings. The summed E-state index contributed by atoms with van der Waals surface area (Å²) in [6, 6.07) is 0.308. The van der Waals surface area contributed by atoms with Crippen molar-refractivity contribution in [2.75, 3.05) is 25.1 Å². The monoisotopic (exact) mass is 333 g/mol. The average molecular weight is 333 g/mol. The van der Waals surface area contributed by atoms with Gasteiger partial charge in [0.25, 0.3) is 0 Å². The molecule has 24 heavy (non-hydrogen) atoms. The second-order valence-corrected chi connectivity index (χ2v) is 6.70. The lowest BCUT2D eigenvalue weighted by atomic mass is 10.0. The number of amides is 1. The Bertz CT molecular complexity index is 554. The van der Waals surface area contributed by atoms with E-state index >= 15 is 0 Å². The van der Waals surface area contributed by atoms with Crippen LogP contribution in [0.5, 0.6) is 6.01 Å². The minimum Gasteiger partial charge on any atom is -0.467 e. The molecule has 0 aromatic carbocycles. The quantitative estimate of drug-likeness (QED) is 0.823. The second-order valence-electron chi connectivity index (χ2n) is 6.70. The lowest BCUT2D eigenvalue weighted by Gasteiger charge is -2.16. The van der Waals surface area contributed by atoms with Crippen LogP contribution >= 0.6 is 0 Å². The van der Waals surface area contributed by atoms with Gasteiger partial charge in [0, 0.05) is 19.5 Å². The predicted molar refractivity (Wildman–Crippen MR) is 90.9 cm³/mol. The molecule has 7 nitrogen and oxygen atoms in total. The molecule has 1 aliphatic carbocycles. The third kappa shape index (κ3) is 4.55. The van der Waals surface area contributed by atoms with E-state index in [9.17, 15) is 4.79 Å². The largest absolute Gasteiger partial charge is 0.467 e. The highest BCUT2D eigenvalue weighted by Gasteiger charge is 2.19. The molecule has 0 bridgehead atoms. The fourth-order valence-electron chi connectivity index (χ4n) is 3.52. The van der Waals surface area contributed by atoms with Gasteiger partial charge in [0.2, 0.25) is 11.9 Å². The van der Waals surface area contributed by atoms with E-state index in [0.717, 1.165) is 38.3 Å². The minimum atomic E-state index is 0.0731. The first-order valence-corrected chi connectivity index (χ1v) is 9.05. The summed E-state index contributed by atoms with van der Waals surface area (Å²) >= 11 is 0. The van der Waals surface area contributed by atoms with Crippen molar-refractivity contribution in [3.05, 3.63) is 5.82 Å². The summed E-state index contributed by atoms with van der Waals surface area (Å²) in [5, 5.41) is 2.93. The number of methoxy groups -OCH3 is 1. The molecule has 1 saturated heterocycles. The van der Waals surface area contributed by atoms with Gasteiger partial charge in [-0.15, -0.1) is 0 Å². The molecule has 7 heteroatoms. The Balaban J connectivity index is 1.53. The Labute approximate surface area is 143 Å². The first-order chi connectivity index (χ1) is 11.7. The SMILES string of the molecule is COc1nc(CNC(=O)CCC2CCCC2)nc(N2CCCC2)n1. The fraction of sp³-hybridized carbons (Fsp3) is 0.765. The number of hydrogen-bond donors (Lipinski definition) is 1. The highest BCUT2D eigenvalue weighted by molar-refractivity contribution is 5.75. The van der Waals surface area contributed by atoms with Gasteiger partial charge in [-0.2, -0.15) is 15.0 Å². The van der Waals surface area contributed by atoms with E-state index < -0.39 is 0 Å². The third-order valence-electron chi connectivity index (χ3n) is 4.92. The van der Waals surface area contributed by atoms with E-state index in [1.807, 2.05) is 0 Å². The summed E-state index contributed by atoms with van der Waals surface area (Å²) in [6.45, 7) is 2.24. The Hall–Kier alpha value is -1.92. The van der Waals surface area contributed by atoms with Gasteiger partial charge in [-0.3, -0.25) is 4.79 Å². The molecule has 0 radical (unpaired) electrons. The number of anilines is 1. The van der Waals surface area contributed by atoms with E-state index in [2.05, 4.69) is 25.2 Å². The van der Waals surface area contributed by atoms with Crippen molar-refractivity contribution < 1.29 is 9.53 Å². The molecule has 132 valence electrons. The summed E-state index contributed by atoms with van der Waals surface area (Å²) in [7, 11) is 1.55. The number of hydrogen-bond acceptors (Lipinski definition) is 6. The van der Waals surface area contributed by atoms with E-state index in [0.29, 0.717) is 30.7 Å². The number of rotatable bonds is 7. The molecule has 1 N–H and O–H groups in total. The normalized spacial score (nSPS) is 18.1. The predicted octanol–water partition coefficient (Wildman–Crippen LogP) is 2.07.